The second-order valence-corrected chi connectivity index (χ2v) is 13.8. The molecule has 0 radical (unpaired) electrons. The predicted molar refractivity (Wildman–Crippen MR) is 239 cm³/mol. The van der Waals surface area contributed by atoms with Gasteiger partial charge in [0.15, 0.2) is 0 Å². The minimum Gasteiger partial charge on any atom is -0.388 e. The van der Waals surface area contributed by atoms with Gasteiger partial charge in [-0.3, -0.25) is 0 Å². The standard InChI is InChI=1S/C48H42N8/c1-49-33-13-5-29(6-14-33)45-37-21-23-39(53-37)46(30-7-15-34(50-2)16-8-30)41-25-27-43(55-41)48(32-11-19-36(52-4)20-12-32)44-28-26-42(56-44)47(40-24-22-38(45)54-40)31-9-17-35(51-3)18-10-31/h5-28,49-53,56H,1-4H3. The lowest BCUT2D eigenvalue weighted by Crippen LogP contribution is -1.91. The maximum Gasteiger partial charge on any atom is 0.0737 e. The molecule has 2 aliphatic heterocycles. The summed E-state index contributed by atoms with van der Waals surface area (Å²) in [5.41, 5.74) is 19.8. The number of hydrogen-bond donors (Lipinski definition) is 6. The van der Waals surface area contributed by atoms with Gasteiger partial charge < -0.3 is 31.2 Å². The Labute approximate surface area is 326 Å². The smallest absolute Gasteiger partial charge is 0.0737 e. The van der Waals surface area contributed by atoms with Gasteiger partial charge in [0.25, 0.3) is 0 Å². The van der Waals surface area contributed by atoms with Crippen molar-refractivity contribution in [3.63, 3.8) is 0 Å². The molecule has 8 heteroatoms. The van der Waals surface area contributed by atoms with Gasteiger partial charge in [-0.15, -0.1) is 0 Å². The van der Waals surface area contributed by atoms with Crippen LogP contribution in [0.4, 0.5) is 22.7 Å². The molecule has 0 fully saturated rings. The van der Waals surface area contributed by atoms with Crippen LogP contribution in [0.15, 0.2) is 121 Å². The number of rotatable bonds is 8. The summed E-state index contributed by atoms with van der Waals surface area (Å²) in [5, 5.41) is 13.0. The Morgan fingerprint density at radius 3 is 0.714 bits per heavy atom. The summed E-state index contributed by atoms with van der Waals surface area (Å²) < 4.78 is 0. The van der Waals surface area contributed by atoms with Crippen LogP contribution in [0.25, 0.3) is 90.9 Å². The first-order chi connectivity index (χ1) is 27.5. The first kappa shape index (κ1) is 34.4. The van der Waals surface area contributed by atoms with E-state index >= 15 is 0 Å². The van der Waals surface area contributed by atoms with Crippen molar-refractivity contribution in [2.75, 3.05) is 49.5 Å². The molecule has 0 unspecified atom stereocenters. The van der Waals surface area contributed by atoms with Gasteiger partial charge in [0.1, 0.15) is 0 Å². The number of nitrogens with one attached hydrogen (secondary N) is 6. The van der Waals surface area contributed by atoms with Crippen LogP contribution >= 0.6 is 0 Å². The molecule has 0 atom stereocenters. The number of anilines is 4. The quantitative estimate of drug-likeness (QED) is 0.0930. The Kier molecular flexibility index (Phi) is 8.91. The minimum atomic E-state index is 0.874. The van der Waals surface area contributed by atoms with Gasteiger partial charge in [0, 0.05) is 95.3 Å². The summed E-state index contributed by atoms with van der Waals surface area (Å²) >= 11 is 0. The Morgan fingerprint density at radius 1 is 0.304 bits per heavy atom. The molecule has 0 amide bonds. The second kappa shape index (κ2) is 14.5. The van der Waals surface area contributed by atoms with Crippen LogP contribution in [0.1, 0.15) is 22.8 Å². The largest absolute Gasteiger partial charge is 0.388 e. The van der Waals surface area contributed by atoms with Crippen LogP contribution < -0.4 is 21.3 Å². The van der Waals surface area contributed by atoms with E-state index in [9.17, 15) is 0 Å². The second-order valence-electron chi connectivity index (χ2n) is 13.8. The van der Waals surface area contributed by atoms with Crippen molar-refractivity contribution < 1.29 is 0 Å². The number of nitrogens with zero attached hydrogens (tertiary/aromatic N) is 2. The third kappa shape index (κ3) is 6.27. The van der Waals surface area contributed by atoms with Crippen molar-refractivity contribution in [1.82, 2.24) is 19.9 Å². The van der Waals surface area contributed by atoms with Gasteiger partial charge in [-0.25, -0.2) is 9.97 Å². The molecule has 8 bridgehead atoms. The van der Waals surface area contributed by atoms with Crippen molar-refractivity contribution in [2.24, 2.45) is 0 Å². The van der Waals surface area contributed by atoms with Crippen LogP contribution in [-0.2, 0) is 0 Å². The van der Waals surface area contributed by atoms with Gasteiger partial charge in [0.05, 0.1) is 22.8 Å². The summed E-state index contributed by atoms with van der Waals surface area (Å²) in [5.74, 6) is 0. The maximum absolute atomic E-state index is 5.43. The molecular weight excluding hydrogens is 689 g/mol. The van der Waals surface area contributed by atoms with E-state index in [1.165, 1.54) is 0 Å². The molecule has 56 heavy (non-hydrogen) atoms. The van der Waals surface area contributed by atoms with Crippen molar-refractivity contribution in [3.8, 4) is 44.5 Å². The summed E-state index contributed by atoms with van der Waals surface area (Å²) in [4.78, 5) is 18.5. The molecule has 0 aliphatic carbocycles. The molecule has 6 N–H and O–H groups in total. The zero-order valence-electron chi connectivity index (χ0n) is 31.8. The summed E-state index contributed by atoms with van der Waals surface area (Å²) in [7, 11) is 7.75. The molecule has 0 spiro atoms. The number of aromatic amines is 2. The molecule has 0 saturated heterocycles. The van der Waals surface area contributed by atoms with Crippen molar-refractivity contribution in [3.05, 3.63) is 144 Å². The molecule has 0 saturated carbocycles. The van der Waals surface area contributed by atoms with E-state index in [1.54, 1.807) is 0 Å². The van der Waals surface area contributed by atoms with E-state index in [0.29, 0.717) is 0 Å². The van der Waals surface area contributed by atoms with Crippen molar-refractivity contribution in [2.45, 2.75) is 0 Å². The number of H-pyrrole nitrogens is 2. The van der Waals surface area contributed by atoms with Crippen molar-refractivity contribution in [1.29, 1.82) is 0 Å². The zero-order valence-corrected chi connectivity index (χ0v) is 31.8. The monoisotopic (exact) mass is 730 g/mol. The van der Waals surface area contributed by atoms with Crippen LogP contribution in [-0.4, -0.2) is 48.1 Å². The summed E-state index contributed by atoms with van der Waals surface area (Å²) in [6.45, 7) is 0. The lowest BCUT2D eigenvalue weighted by molar-refractivity contribution is 1.31. The zero-order chi connectivity index (χ0) is 38.2. The number of fused-ring (bicyclic) bond motifs is 8. The highest BCUT2D eigenvalue weighted by Gasteiger charge is 2.19. The van der Waals surface area contributed by atoms with E-state index in [1.807, 2.05) is 28.2 Å². The fourth-order valence-electron chi connectivity index (χ4n) is 7.63. The minimum absolute atomic E-state index is 0.874. The van der Waals surface area contributed by atoms with E-state index in [4.69, 9.17) is 9.97 Å². The fraction of sp³-hybridized carbons (Fsp3) is 0.0833. The van der Waals surface area contributed by atoms with E-state index < -0.39 is 0 Å². The predicted octanol–water partition coefficient (Wildman–Crippen LogP) is 11.5. The maximum atomic E-state index is 5.43. The van der Waals surface area contributed by atoms with E-state index in [0.717, 1.165) is 112 Å². The summed E-state index contributed by atoms with van der Waals surface area (Å²) in [6, 6.07) is 42.7. The Hall–Kier alpha value is -7.32. The van der Waals surface area contributed by atoms with Gasteiger partial charge in [0.2, 0.25) is 0 Å². The first-order valence-corrected chi connectivity index (χ1v) is 18.8. The highest BCUT2D eigenvalue weighted by molar-refractivity contribution is 6.00. The molecule has 4 aromatic carbocycles. The van der Waals surface area contributed by atoms with Crippen LogP contribution in [0.5, 0.6) is 0 Å². The Bertz CT molecular complexity index is 2420. The number of hydrogen-bond acceptors (Lipinski definition) is 6. The van der Waals surface area contributed by atoms with Crippen LogP contribution in [0.2, 0.25) is 0 Å². The SMILES string of the molecule is CNc1ccc(-c2c3nc(c(-c4ccc(NC)cc4)c4ccc([nH]4)c(-c4ccc(NC)cc4)c4nc(c(-c5ccc(NC)cc5)c5ccc2[nH]5)C=C4)C=C3)cc1. The van der Waals surface area contributed by atoms with Gasteiger partial charge in [-0.1, -0.05) is 48.5 Å². The summed E-state index contributed by atoms with van der Waals surface area (Å²) in [6.07, 6.45) is 8.53. The molecule has 3 aromatic heterocycles. The van der Waals surface area contributed by atoms with Gasteiger partial charge >= 0.3 is 0 Å². The van der Waals surface area contributed by atoms with Crippen LogP contribution in [0, 0.1) is 0 Å². The number of benzene rings is 4. The topological polar surface area (TPSA) is 105 Å². The van der Waals surface area contributed by atoms with Crippen molar-refractivity contribution >= 4 is 69.1 Å². The van der Waals surface area contributed by atoms with Crippen LogP contribution in [0.3, 0.4) is 0 Å². The Morgan fingerprint density at radius 2 is 0.518 bits per heavy atom. The molecule has 5 heterocycles. The average molecular weight is 731 g/mol. The molecule has 7 aromatic rings. The molecule has 274 valence electrons. The average Bonchev–Trinajstić information content (AvgIpc) is 4.10. The molecular formula is C48H42N8. The molecule has 9 rings (SSSR count). The molecule has 8 nitrogen and oxygen atoms in total. The molecule has 2 aliphatic rings. The van der Waals surface area contributed by atoms with E-state index in [2.05, 4.69) is 177 Å². The number of aromatic nitrogens is 4. The fourth-order valence-corrected chi connectivity index (χ4v) is 7.63. The normalized spacial score (nSPS) is 11.8. The lowest BCUT2D eigenvalue weighted by atomic mass is 10.0. The van der Waals surface area contributed by atoms with Gasteiger partial charge in [-0.05, 0) is 119 Å². The highest BCUT2D eigenvalue weighted by Crippen LogP contribution is 2.39. The van der Waals surface area contributed by atoms with E-state index in [-0.39, 0.29) is 0 Å². The third-order valence-electron chi connectivity index (χ3n) is 10.6. The third-order valence-corrected chi connectivity index (χ3v) is 10.6. The first-order valence-electron chi connectivity index (χ1n) is 18.8. The highest BCUT2D eigenvalue weighted by atomic mass is 14.8. The Balaban J connectivity index is 1.44. The lowest BCUT2D eigenvalue weighted by Gasteiger charge is -2.08. The van der Waals surface area contributed by atoms with Gasteiger partial charge in [-0.2, -0.15) is 0 Å².